The van der Waals surface area contributed by atoms with Gasteiger partial charge in [-0.05, 0) is 56.0 Å². The summed E-state index contributed by atoms with van der Waals surface area (Å²) in [4.78, 5) is 16.2. The molecule has 166 valence electrons. The Kier molecular flexibility index (Phi) is 7.87. The van der Waals surface area contributed by atoms with Gasteiger partial charge in [-0.2, -0.15) is 0 Å². The van der Waals surface area contributed by atoms with E-state index in [-0.39, 0.29) is 23.7 Å². The number of hydrogen-bond acceptors (Lipinski definition) is 3. The summed E-state index contributed by atoms with van der Waals surface area (Å²) in [5.41, 5.74) is 1.59. The van der Waals surface area contributed by atoms with Crippen molar-refractivity contribution in [3.63, 3.8) is 0 Å². The van der Waals surface area contributed by atoms with E-state index in [1.165, 1.54) is 6.07 Å². The molecule has 2 aromatic carbocycles. The highest BCUT2D eigenvalue weighted by Gasteiger charge is 2.45. The zero-order valence-corrected chi connectivity index (χ0v) is 18.2. The molecule has 0 radical (unpaired) electrons. The summed E-state index contributed by atoms with van der Waals surface area (Å²) < 4.78 is 19.8. The van der Waals surface area contributed by atoms with E-state index in [0.29, 0.717) is 31.3 Å². The maximum absolute atomic E-state index is 14.3. The first-order chi connectivity index (χ1) is 15.1. The summed E-state index contributed by atoms with van der Waals surface area (Å²) in [6.45, 7) is 6.27. The third kappa shape index (κ3) is 6.44. The first-order valence-corrected chi connectivity index (χ1v) is 10.8. The van der Waals surface area contributed by atoms with Crippen LogP contribution < -0.4 is 20.7 Å². The molecule has 0 spiro atoms. The van der Waals surface area contributed by atoms with Crippen molar-refractivity contribution >= 4 is 11.9 Å². The van der Waals surface area contributed by atoms with Crippen molar-refractivity contribution < 1.29 is 13.9 Å². The molecule has 1 amide bonds. The number of nitrogens with zero attached hydrogens (tertiary/aromatic N) is 1. The Balaban J connectivity index is 1.59. The predicted molar refractivity (Wildman–Crippen MR) is 121 cm³/mol. The summed E-state index contributed by atoms with van der Waals surface area (Å²) in [6.07, 6.45) is 1.93. The van der Waals surface area contributed by atoms with E-state index in [4.69, 9.17) is 4.74 Å². The first kappa shape index (κ1) is 22.6. The summed E-state index contributed by atoms with van der Waals surface area (Å²) >= 11 is 0. The van der Waals surface area contributed by atoms with Crippen molar-refractivity contribution in [2.45, 2.75) is 38.6 Å². The Morgan fingerprint density at radius 1 is 1.06 bits per heavy atom. The molecular formula is C24H31FN4O2. The lowest BCUT2D eigenvalue weighted by Gasteiger charge is -2.19. The normalized spacial score (nSPS) is 14.6. The number of carbonyl (C=O) groups is 1. The molecule has 0 atom stereocenters. The van der Waals surface area contributed by atoms with E-state index < -0.39 is 0 Å². The van der Waals surface area contributed by atoms with Crippen LogP contribution in [0.4, 0.5) is 4.39 Å². The van der Waals surface area contributed by atoms with Crippen molar-refractivity contribution in [3.05, 3.63) is 65.5 Å². The van der Waals surface area contributed by atoms with E-state index in [2.05, 4.69) is 20.9 Å². The van der Waals surface area contributed by atoms with Gasteiger partial charge in [0.2, 0.25) is 0 Å². The Bertz CT molecular complexity index is 912. The van der Waals surface area contributed by atoms with Crippen LogP contribution in [-0.2, 0) is 16.8 Å². The molecular weight excluding hydrogens is 395 g/mol. The highest BCUT2D eigenvalue weighted by atomic mass is 19.1. The van der Waals surface area contributed by atoms with Gasteiger partial charge in [0.05, 0.1) is 6.54 Å². The smallest absolute Gasteiger partial charge is 0.257 e. The zero-order chi connectivity index (χ0) is 22.1. The van der Waals surface area contributed by atoms with Crippen LogP contribution in [-0.4, -0.2) is 38.1 Å². The van der Waals surface area contributed by atoms with Crippen LogP contribution in [0.25, 0.3) is 0 Å². The van der Waals surface area contributed by atoms with Gasteiger partial charge in [-0.25, -0.2) is 9.38 Å². The summed E-state index contributed by atoms with van der Waals surface area (Å²) in [6, 6.07) is 14.6. The van der Waals surface area contributed by atoms with Gasteiger partial charge >= 0.3 is 0 Å². The number of carbonyl (C=O) groups excluding carboxylic acids is 1. The zero-order valence-electron chi connectivity index (χ0n) is 18.2. The van der Waals surface area contributed by atoms with E-state index in [0.717, 1.165) is 30.5 Å². The molecule has 6 nitrogen and oxygen atoms in total. The van der Waals surface area contributed by atoms with Gasteiger partial charge in [0, 0.05) is 25.0 Å². The number of guanidine groups is 1. The molecule has 1 aliphatic rings. The lowest BCUT2D eigenvalue weighted by atomic mass is 9.95. The maximum Gasteiger partial charge on any atom is 0.257 e. The summed E-state index contributed by atoms with van der Waals surface area (Å²) in [5.74, 6) is 1.04. The number of aliphatic imine (C=N–C) groups is 1. The largest absolute Gasteiger partial charge is 0.484 e. The number of benzene rings is 2. The third-order valence-corrected chi connectivity index (χ3v) is 5.30. The lowest BCUT2D eigenvalue weighted by molar-refractivity contribution is -0.122. The second-order valence-electron chi connectivity index (χ2n) is 7.70. The first-order valence-electron chi connectivity index (χ1n) is 10.8. The molecule has 0 unspecified atom stereocenters. The molecule has 31 heavy (non-hydrogen) atoms. The SMILES string of the molecule is CCNC(=O)COc1cccc(CN=C(NCC)NCC2(c3ccccc3F)CC2)c1. The van der Waals surface area contributed by atoms with Crippen LogP contribution in [0.5, 0.6) is 5.75 Å². The topological polar surface area (TPSA) is 74.8 Å². The van der Waals surface area contributed by atoms with Crippen LogP contribution in [0.3, 0.4) is 0 Å². The molecule has 3 rings (SSSR count). The van der Waals surface area contributed by atoms with Gasteiger partial charge in [-0.3, -0.25) is 4.79 Å². The maximum atomic E-state index is 14.3. The molecule has 0 aromatic heterocycles. The van der Waals surface area contributed by atoms with Crippen LogP contribution in [0.15, 0.2) is 53.5 Å². The number of hydrogen-bond donors (Lipinski definition) is 3. The molecule has 0 heterocycles. The second-order valence-corrected chi connectivity index (χ2v) is 7.70. The Hall–Kier alpha value is -3.09. The Labute approximate surface area is 183 Å². The molecule has 0 bridgehead atoms. The molecule has 2 aromatic rings. The number of ether oxygens (including phenoxy) is 1. The highest BCUT2D eigenvalue weighted by molar-refractivity contribution is 5.80. The summed E-state index contributed by atoms with van der Waals surface area (Å²) in [7, 11) is 0. The standard InChI is InChI=1S/C24H31FN4O2/c1-3-26-22(30)16-31-19-9-7-8-18(14-19)15-28-23(27-4-2)29-17-24(12-13-24)20-10-5-6-11-21(20)25/h5-11,14H,3-4,12-13,15-17H2,1-2H3,(H,26,30)(H2,27,28,29). The minimum atomic E-state index is -0.158. The fourth-order valence-electron chi connectivity index (χ4n) is 3.48. The van der Waals surface area contributed by atoms with E-state index in [1.54, 1.807) is 6.07 Å². The van der Waals surface area contributed by atoms with Crippen molar-refractivity contribution in [2.75, 3.05) is 26.2 Å². The average molecular weight is 427 g/mol. The number of likely N-dealkylation sites (N-methyl/N-ethyl adjacent to an activating group) is 1. The fraction of sp³-hybridized carbons (Fsp3) is 0.417. The molecule has 1 fully saturated rings. The van der Waals surface area contributed by atoms with Gasteiger partial charge in [-0.15, -0.1) is 0 Å². The Morgan fingerprint density at radius 3 is 2.55 bits per heavy atom. The Morgan fingerprint density at radius 2 is 1.84 bits per heavy atom. The molecule has 0 aliphatic heterocycles. The second kappa shape index (κ2) is 10.8. The van der Waals surface area contributed by atoms with E-state index >= 15 is 0 Å². The van der Waals surface area contributed by atoms with Crippen molar-refractivity contribution in [1.82, 2.24) is 16.0 Å². The highest BCUT2D eigenvalue weighted by Crippen LogP contribution is 2.48. The lowest BCUT2D eigenvalue weighted by Crippen LogP contribution is -2.41. The van der Waals surface area contributed by atoms with Crippen molar-refractivity contribution in [3.8, 4) is 5.75 Å². The van der Waals surface area contributed by atoms with Crippen molar-refractivity contribution in [2.24, 2.45) is 4.99 Å². The predicted octanol–water partition coefficient (Wildman–Crippen LogP) is 3.13. The van der Waals surface area contributed by atoms with Crippen molar-refractivity contribution in [1.29, 1.82) is 0 Å². The van der Waals surface area contributed by atoms with Gasteiger partial charge in [0.25, 0.3) is 5.91 Å². The van der Waals surface area contributed by atoms with E-state index in [9.17, 15) is 9.18 Å². The average Bonchev–Trinajstić information content (AvgIpc) is 3.56. The van der Waals surface area contributed by atoms with Gasteiger partial charge in [0.1, 0.15) is 11.6 Å². The number of halogens is 1. The van der Waals surface area contributed by atoms with Crippen LogP contribution in [0.1, 0.15) is 37.8 Å². The molecule has 3 N–H and O–H groups in total. The van der Waals surface area contributed by atoms with Crippen LogP contribution >= 0.6 is 0 Å². The number of amides is 1. The van der Waals surface area contributed by atoms with Gasteiger partial charge < -0.3 is 20.7 Å². The minimum absolute atomic E-state index is 0.0110. The monoisotopic (exact) mass is 426 g/mol. The van der Waals surface area contributed by atoms with Crippen LogP contribution in [0.2, 0.25) is 0 Å². The number of nitrogens with one attached hydrogen (secondary N) is 3. The molecule has 0 saturated heterocycles. The minimum Gasteiger partial charge on any atom is -0.484 e. The van der Waals surface area contributed by atoms with Crippen LogP contribution in [0, 0.1) is 5.82 Å². The molecule has 1 saturated carbocycles. The molecule has 7 heteroatoms. The van der Waals surface area contributed by atoms with E-state index in [1.807, 2.05) is 50.2 Å². The summed E-state index contributed by atoms with van der Waals surface area (Å²) in [5, 5.41) is 9.33. The quantitative estimate of drug-likeness (QED) is 0.403. The molecule has 1 aliphatic carbocycles. The number of rotatable bonds is 10. The fourth-order valence-corrected chi connectivity index (χ4v) is 3.48. The third-order valence-electron chi connectivity index (χ3n) is 5.30. The van der Waals surface area contributed by atoms with Gasteiger partial charge in [0.15, 0.2) is 12.6 Å². The van der Waals surface area contributed by atoms with Gasteiger partial charge in [-0.1, -0.05) is 30.3 Å².